The lowest BCUT2D eigenvalue weighted by Crippen LogP contribution is -2.29. The molecule has 156 valence electrons. The van der Waals surface area contributed by atoms with E-state index in [-0.39, 0.29) is 17.1 Å². The lowest BCUT2D eigenvalue weighted by atomic mass is 9.95. The predicted molar refractivity (Wildman–Crippen MR) is 120 cm³/mol. The normalized spacial score (nSPS) is 17.7. The smallest absolute Gasteiger partial charge is 0.300 e. The number of carbonyl (C=O) groups is 2. The summed E-state index contributed by atoms with van der Waals surface area (Å²) in [5, 5.41) is 20.7. The zero-order valence-electron chi connectivity index (χ0n) is 16.4. The summed E-state index contributed by atoms with van der Waals surface area (Å²) in [5.41, 5.74) is 1.41. The van der Waals surface area contributed by atoms with Gasteiger partial charge in [-0.2, -0.15) is 0 Å². The Hall–Kier alpha value is -3.58. The molecule has 6 nitrogen and oxygen atoms in total. The van der Waals surface area contributed by atoms with E-state index in [4.69, 9.17) is 4.74 Å². The third-order valence-electron chi connectivity index (χ3n) is 5.10. The van der Waals surface area contributed by atoms with E-state index in [0.717, 1.165) is 4.47 Å². The number of Topliss-reactive ketones (excluding diaryl/α,β-unsaturated/α-hetero) is 1. The average molecular weight is 480 g/mol. The van der Waals surface area contributed by atoms with Gasteiger partial charge in [0.05, 0.1) is 18.7 Å². The van der Waals surface area contributed by atoms with E-state index < -0.39 is 17.7 Å². The lowest BCUT2D eigenvalue weighted by Gasteiger charge is -2.25. The van der Waals surface area contributed by atoms with Crippen LogP contribution in [-0.4, -0.2) is 29.0 Å². The number of phenols is 1. The van der Waals surface area contributed by atoms with Crippen molar-refractivity contribution in [3.8, 4) is 11.5 Å². The molecule has 0 spiro atoms. The standard InChI is InChI=1S/C24H18BrNO5/c1-31-19-4-2-3-17(13-19)26-21(14-7-11-18(27)12-8-14)20(23(29)24(26)30)22(28)15-5-9-16(25)10-6-15/h2-13,21,27-28H,1H3/b22-20+. The highest BCUT2D eigenvalue weighted by Crippen LogP contribution is 2.43. The highest BCUT2D eigenvalue weighted by Gasteiger charge is 2.47. The lowest BCUT2D eigenvalue weighted by molar-refractivity contribution is -0.132. The van der Waals surface area contributed by atoms with Gasteiger partial charge in [0, 0.05) is 21.8 Å². The van der Waals surface area contributed by atoms with Crippen molar-refractivity contribution in [2.75, 3.05) is 12.0 Å². The summed E-state index contributed by atoms with van der Waals surface area (Å²) in [7, 11) is 1.51. The van der Waals surface area contributed by atoms with Crippen LogP contribution in [-0.2, 0) is 9.59 Å². The quantitative estimate of drug-likeness (QED) is 0.319. The van der Waals surface area contributed by atoms with E-state index in [9.17, 15) is 19.8 Å². The Morgan fingerprint density at radius 3 is 2.32 bits per heavy atom. The number of methoxy groups -OCH3 is 1. The number of nitrogens with zero attached hydrogens (tertiary/aromatic N) is 1. The number of aliphatic hydroxyl groups is 1. The van der Waals surface area contributed by atoms with Gasteiger partial charge in [-0.1, -0.05) is 46.3 Å². The van der Waals surface area contributed by atoms with Crippen molar-refractivity contribution < 1.29 is 24.5 Å². The summed E-state index contributed by atoms with van der Waals surface area (Å²) >= 11 is 3.35. The molecule has 1 atom stereocenters. The highest BCUT2D eigenvalue weighted by molar-refractivity contribution is 9.10. The van der Waals surface area contributed by atoms with Crippen LogP contribution in [0.3, 0.4) is 0 Å². The van der Waals surface area contributed by atoms with Crippen LogP contribution in [0.15, 0.2) is 82.8 Å². The van der Waals surface area contributed by atoms with Crippen molar-refractivity contribution in [3.63, 3.8) is 0 Å². The summed E-state index contributed by atoms with van der Waals surface area (Å²) in [6.45, 7) is 0. The van der Waals surface area contributed by atoms with E-state index in [1.54, 1.807) is 60.7 Å². The summed E-state index contributed by atoms with van der Waals surface area (Å²) in [5.74, 6) is -1.24. The molecular formula is C24H18BrNO5. The van der Waals surface area contributed by atoms with Gasteiger partial charge in [0.2, 0.25) is 0 Å². The molecule has 3 aromatic carbocycles. The first kappa shape index (κ1) is 20.7. The zero-order chi connectivity index (χ0) is 22.1. The molecule has 4 rings (SSSR count). The monoisotopic (exact) mass is 479 g/mol. The number of halogens is 1. The van der Waals surface area contributed by atoms with Crippen molar-refractivity contribution in [3.05, 3.63) is 94.0 Å². The van der Waals surface area contributed by atoms with Crippen LogP contribution in [0.4, 0.5) is 5.69 Å². The maximum absolute atomic E-state index is 13.1. The fraction of sp³-hybridized carbons (Fsp3) is 0.0833. The summed E-state index contributed by atoms with van der Waals surface area (Å²) in [6.07, 6.45) is 0. The topological polar surface area (TPSA) is 87.1 Å². The molecule has 0 radical (unpaired) electrons. The molecule has 1 amide bonds. The molecule has 1 aliphatic rings. The maximum atomic E-state index is 13.1. The molecule has 0 saturated carbocycles. The Balaban J connectivity index is 1.94. The largest absolute Gasteiger partial charge is 0.508 e. The summed E-state index contributed by atoms with van der Waals surface area (Å²) < 4.78 is 6.08. The van der Waals surface area contributed by atoms with Crippen LogP contribution in [0.25, 0.3) is 5.76 Å². The van der Waals surface area contributed by atoms with Crippen LogP contribution in [0, 0.1) is 0 Å². The number of aromatic hydroxyl groups is 1. The van der Waals surface area contributed by atoms with Gasteiger partial charge in [-0.15, -0.1) is 0 Å². The first-order chi connectivity index (χ1) is 14.9. The van der Waals surface area contributed by atoms with Gasteiger partial charge in [0.25, 0.3) is 11.7 Å². The Kier molecular flexibility index (Phi) is 5.52. The van der Waals surface area contributed by atoms with Gasteiger partial charge in [-0.3, -0.25) is 14.5 Å². The number of hydrogen-bond acceptors (Lipinski definition) is 5. The number of carbonyl (C=O) groups excluding carboxylic acids is 2. The molecule has 0 bridgehead atoms. The number of amides is 1. The van der Waals surface area contributed by atoms with E-state index in [1.807, 2.05) is 0 Å². The number of aliphatic hydroxyl groups excluding tert-OH is 1. The maximum Gasteiger partial charge on any atom is 0.300 e. The van der Waals surface area contributed by atoms with Crippen molar-refractivity contribution in [1.82, 2.24) is 0 Å². The second-order valence-electron chi connectivity index (χ2n) is 6.97. The number of ether oxygens (including phenoxy) is 1. The molecule has 2 N–H and O–H groups in total. The van der Waals surface area contributed by atoms with Crippen LogP contribution < -0.4 is 9.64 Å². The molecule has 3 aromatic rings. The third kappa shape index (κ3) is 3.80. The molecule has 31 heavy (non-hydrogen) atoms. The second kappa shape index (κ2) is 8.28. The minimum absolute atomic E-state index is 0.0270. The zero-order valence-corrected chi connectivity index (χ0v) is 18.0. The Morgan fingerprint density at radius 2 is 1.68 bits per heavy atom. The van der Waals surface area contributed by atoms with Crippen molar-refractivity contribution in [1.29, 1.82) is 0 Å². The van der Waals surface area contributed by atoms with Gasteiger partial charge in [0.15, 0.2) is 0 Å². The van der Waals surface area contributed by atoms with Gasteiger partial charge in [0.1, 0.15) is 17.3 Å². The minimum atomic E-state index is -0.878. The Bertz CT molecular complexity index is 1190. The molecule has 1 saturated heterocycles. The minimum Gasteiger partial charge on any atom is -0.508 e. The molecular weight excluding hydrogens is 462 g/mol. The summed E-state index contributed by atoms with van der Waals surface area (Å²) in [6, 6.07) is 18.9. The molecule has 0 aliphatic carbocycles. The van der Waals surface area contributed by atoms with Crippen LogP contribution >= 0.6 is 15.9 Å². The van der Waals surface area contributed by atoms with Crippen LogP contribution in [0.2, 0.25) is 0 Å². The van der Waals surface area contributed by atoms with E-state index in [2.05, 4.69) is 15.9 Å². The number of anilines is 1. The number of ketones is 1. The van der Waals surface area contributed by atoms with Crippen molar-refractivity contribution in [2.45, 2.75) is 6.04 Å². The van der Waals surface area contributed by atoms with E-state index >= 15 is 0 Å². The molecule has 0 aromatic heterocycles. The molecule has 1 fully saturated rings. The second-order valence-corrected chi connectivity index (χ2v) is 7.88. The SMILES string of the molecule is COc1cccc(N2C(=O)C(=O)/C(=C(/O)c3ccc(Br)cc3)C2c2ccc(O)cc2)c1. The Morgan fingerprint density at radius 1 is 1.00 bits per heavy atom. The number of hydrogen-bond donors (Lipinski definition) is 2. The average Bonchev–Trinajstić information content (AvgIpc) is 3.05. The number of phenolic OH excluding ortho intramolecular Hbond substituents is 1. The first-order valence-corrected chi connectivity index (χ1v) is 10.2. The number of benzene rings is 3. The third-order valence-corrected chi connectivity index (χ3v) is 5.63. The van der Waals surface area contributed by atoms with Crippen LogP contribution in [0.5, 0.6) is 11.5 Å². The predicted octanol–water partition coefficient (Wildman–Crippen LogP) is 4.79. The Labute approximate surface area is 187 Å². The fourth-order valence-corrected chi connectivity index (χ4v) is 3.86. The van der Waals surface area contributed by atoms with Gasteiger partial charge < -0.3 is 14.9 Å². The summed E-state index contributed by atoms with van der Waals surface area (Å²) in [4.78, 5) is 27.5. The molecule has 1 aliphatic heterocycles. The fourth-order valence-electron chi connectivity index (χ4n) is 3.59. The van der Waals surface area contributed by atoms with Crippen molar-refractivity contribution >= 4 is 39.1 Å². The van der Waals surface area contributed by atoms with Crippen molar-refractivity contribution in [2.24, 2.45) is 0 Å². The molecule has 1 heterocycles. The van der Waals surface area contributed by atoms with Gasteiger partial charge in [-0.05, 0) is 42.0 Å². The van der Waals surface area contributed by atoms with Gasteiger partial charge >= 0.3 is 0 Å². The highest BCUT2D eigenvalue weighted by atomic mass is 79.9. The van der Waals surface area contributed by atoms with E-state index in [1.165, 1.54) is 24.1 Å². The first-order valence-electron chi connectivity index (χ1n) is 9.40. The number of rotatable bonds is 4. The van der Waals surface area contributed by atoms with Gasteiger partial charge in [-0.25, -0.2) is 0 Å². The molecule has 7 heteroatoms. The van der Waals surface area contributed by atoms with E-state index in [0.29, 0.717) is 22.6 Å². The van der Waals surface area contributed by atoms with Crippen LogP contribution in [0.1, 0.15) is 17.2 Å². The molecule has 1 unspecified atom stereocenters.